The number of hydrogen-bond donors (Lipinski definition) is 0. The van der Waals surface area contributed by atoms with Crippen molar-refractivity contribution < 1.29 is 9.78 Å². The molecule has 8 rings (SSSR count). The minimum Gasteiger partial charge on any atom is -0.213 e. The monoisotopic (exact) mass is 492 g/mol. The first-order chi connectivity index (χ1) is 18.7. The minimum absolute atomic E-state index is 0.885. The van der Waals surface area contributed by atoms with Crippen molar-refractivity contribution in [1.29, 1.82) is 0 Å². The van der Waals surface area contributed by atoms with Gasteiger partial charge in [0, 0.05) is 33.4 Å². The molecule has 0 fully saturated rings. The van der Waals surface area contributed by atoms with Gasteiger partial charge >= 0.3 is 0 Å². The molecule has 38 heavy (non-hydrogen) atoms. The lowest BCUT2D eigenvalue weighted by atomic mass is 9.62. The van der Waals surface area contributed by atoms with Gasteiger partial charge in [-0.25, -0.2) is 9.78 Å². The summed E-state index contributed by atoms with van der Waals surface area (Å²) in [6.07, 6.45) is 1.80. The molecule has 2 heterocycles. The van der Waals surface area contributed by atoms with Crippen LogP contribution >= 0.6 is 0 Å². The van der Waals surface area contributed by atoms with Crippen molar-refractivity contribution in [3.8, 4) is 11.8 Å². The molecule has 0 radical (unpaired) electrons. The molecule has 0 spiro atoms. The van der Waals surface area contributed by atoms with Gasteiger partial charge in [0.1, 0.15) is 0 Å². The van der Waals surface area contributed by atoms with Gasteiger partial charge in [-0.15, -0.1) is 0 Å². The Morgan fingerprint density at radius 2 is 1.18 bits per heavy atom. The summed E-state index contributed by atoms with van der Waals surface area (Å²) < 4.78 is 0. The van der Waals surface area contributed by atoms with Crippen molar-refractivity contribution in [2.24, 2.45) is 0 Å². The first kappa shape index (κ1) is 23.0. The SMILES string of the molecule is CCc1cccc(CC)c1C12OOC(C#Cc3ccccc3)(c3ccccc31)c1cc3ccccc3cc12. The molecule has 2 aliphatic heterocycles. The molecule has 1 aliphatic carbocycles. The van der Waals surface area contributed by atoms with Crippen LogP contribution in [0, 0.1) is 11.8 Å². The average molecular weight is 493 g/mol. The fraction of sp³-hybridized carbons (Fsp3) is 0.167. The van der Waals surface area contributed by atoms with E-state index in [-0.39, 0.29) is 0 Å². The van der Waals surface area contributed by atoms with Crippen LogP contribution in [0.25, 0.3) is 10.8 Å². The smallest absolute Gasteiger partial charge is 0.213 e. The van der Waals surface area contributed by atoms with E-state index in [0.29, 0.717) is 0 Å². The second-order valence-corrected chi connectivity index (χ2v) is 10.1. The molecular formula is C36H28O2. The van der Waals surface area contributed by atoms with Gasteiger partial charge in [-0.1, -0.05) is 105 Å². The first-order valence-electron chi connectivity index (χ1n) is 13.4. The zero-order chi connectivity index (χ0) is 25.7. The number of aryl methyl sites for hydroxylation is 2. The van der Waals surface area contributed by atoms with E-state index in [1.165, 1.54) is 22.1 Å². The van der Waals surface area contributed by atoms with Crippen molar-refractivity contribution in [2.75, 3.05) is 0 Å². The molecule has 2 atom stereocenters. The maximum atomic E-state index is 6.73. The van der Waals surface area contributed by atoms with E-state index < -0.39 is 11.2 Å². The van der Waals surface area contributed by atoms with Crippen LogP contribution in [-0.2, 0) is 33.8 Å². The van der Waals surface area contributed by atoms with Crippen LogP contribution in [-0.4, -0.2) is 0 Å². The topological polar surface area (TPSA) is 18.5 Å². The van der Waals surface area contributed by atoms with Crippen LogP contribution in [0.4, 0.5) is 0 Å². The van der Waals surface area contributed by atoms with Crippen LogP contribution in [0.2, 0.25) is 0 Å². The number of rotatable bonds is 3. The van der Waals surface area contributed by atoms with Gasteiger partial charge in [-0.05, 0) is 64.9 Å². The highest BCUT2D eigenvalue weighted by atomic mass is 17.2. The Kier molecular flexibility index (Phi) is 5.27. The van der Waals surface area contributed by atoms with E-state index in [9.17, 15) is 0 Å². The molecule has 0 amide bonds. The first-order valence-corrected chi connectivity index (χ1v) is 13.4. The molecule has 3 aliphatic rings. The van der Waals surface area contributed by atoms with Crippen LogP contribution in [0.1, 0.15) is 58.4 Å². The van der Waals surface area contributed by atoms with Crippen LogP contribution in [0.3, 0.4) is 0 Å². The normalized spacial score (nSPS) is 20.9. The van der Waals surface area contributed by atoms with Gasteiger partial charge in [0.05, 0.1) is 0 Å². The maximum absolute atomic E-state index is 6.73. The second kappa shape index (κ2) is 8.71. The third-order valence-electron chi connectivity index (χ3n) is 8.13. The van der Waals surface area contributed by atoms with Gasteiger partial charge in [0.2, 0.25) is 5.60 Å². The van der Waals surface area contributed by atoms with Crippen LogP contribution in [0.5, 0.6) is 0 Å². The van der Waals surface area contributed by atoms with Crippen molar-refractivity contribution in [3.05, 3.63) is 154 Å². The third-order valence-corrected chi connectivity index (χ3v) is 8.13. The molecule has 0 saturated carbocycles. The number of fused-ring (bicyclic) bond motifs is 2. The van der Waals surface area contributed by atoms with E-state index in [1.54, 1.807) is 0 Å². The molecule has 184 valence electrons. The summed E-state index contributed by atoms with van der Waals surface area (Å²) in [7, 11) is 0. The highest BCUT2D eigenvalue weighted by Gasteiger charge is 2.60. The molecule has 2 nitrogen and oxygen atoms in total. The molecular weight excluding hydrogens is 464 g/mol. The highest BCUT2D eigenvalue weighted by molar-refractivity contribution is 5.87. The summed E-state index contributed by atoms with van der Waals surface area (Å²) >= 11 is 0. The zero-order valence-electron chi connectivity index (χ0n) is 21.6. The Bertz CT molecular complexity index is 1740. The van der Waals surface area contributed by atoms with Gasteiger partial charge in [-0.3, -0.25) is 0 Å². The Hall–Kier alpha value is -4.16. The molecule has 2 bridgehead atoms. The predicted molar refractivity (Wildman–Crippen MR) is 152 cm³/mol. The third kappa shape index (κ3) is 3.10. The highest BCUT2D eigenvalue weighted by Crippen LogP contribution is 2.60. The lowest BCUT2D eigenvalue weighted by Gasteiger charge is -2.52. The van der Waals surface area contributed by atoms with E-state index >= 15 is 0 Å². The predicted octanol–water partition coefficient (Wildman–Crippen LogP) is 7.83. The second-order valence-electron chi connectivity index (χ2n) is 10.1. The standard InChI is InChI=1S/C36H28O2/c1-3-26-17-12-18-27(4-2)34(26)36-31-20-11-10-19-30(31)35(37-38-36,22-21-25-13-6-5-7-14-25)32-23-28-15-8-9-16-29(28)24-33(32)36/h5-20,23-24H,3-4H2,1-2H3. The van der Waals surface area contributed by atoms with E-state index in [2.05, 4.69) is 105 Å². The quantitative estimate of drug-likeness (QED) is 0.189. The Labute approximate surface area is 223 Å². The molecule has 2 heteroatoms. The van der Waals surface area contributed by atoms with E-state index in [4.69, 9.17) is 9.78 Å². The Balaban J connectivity index is 1.63. The Morgan fingerprint density at radius 1 is 0.579 bits per heavy atom. The fourth-order valence-corrected chi connectivity index (χ4v) is 6.36. The molecule has 2 unspecified atom stereocenters. The van der Waals surface area contributed by atoms with Crippen molar-refractivity contribution in [1.82, 2.24) is 0 Å². The average Bonchev–Trinajstić information content (AvgIpc) is 2.99. The summed E-state index contributed by atoms with van der Waals surface area (Å²) in [6, 6.07) is 38.3. The van der Waals surface area contributed by atoms with Gasteiger partial charge in [0.25, 0.3) is 0 Å². The lowest BCUT2D eigenvalue weighted by Crippen LogP contribution is -2.53. The number of hydrogen-bond acceptors (Lipinski definition) is 2. The Morgan fingerprint density at radius 3 is 1.87 bits per heavy atom. The van der Waals surface area contributed by atoms with Gasteiger partial charge < -0.3 is 0 Å². The van der Waals surface area contributed by atoms with Crippen molar-refractivity contribution in [2.45, 2.75) is 37.9 Å². The number of benzene rings is 5. The molecule has 5 aromatic carbocycles. The summed E-state index contributed by atoms with van der Waals surface area (Å²) in [5.74, 6) is 6.95. The zero-order valence-corrected chi connectivity index (χ0v) is 21.6. The van der Waals surface area contributed by atoms with Gasteiger partial charge in [0.15, 0.2) is 5.60 Å². The lowest BCUT2D eigenvalue weighted by molar-refractivity contribution is -0.406. The van der Waals surface area contributed by atoms with Gasteiger partial charge in [-0.2, -0.15) is 0 Å². The molecule has 0 N–H and O–H groups in total. The van der Waals surface area contributed by atoms with Crippen molar-refractivity contribution in [3.63, 3.8) is 0 Å². The van der Waals surface area contributed by atoms with E-state index in [0.717, 1.165) is 46.0 Å². The maximum Gasteiger partial charge on any atom is 0.215 e. The summed E-state index contributed by atoms with van der Waals surface area (Å²) in [5.41, 5.74) is 7.06. The fourth-order valence-electron chi connectivity index (χ4n) is 6.36. The van der Waals surface area contributed by atoms with Crippen LogP contribution < -0.4 is 0 Å². The summed E-state index contributed by atoms with van der Waals surface area (Å²) in [5, 5.41) is 2.34. The van der Waals surface area contributed by atoms with Crippen molar-refractivity contribution >= 4 is 10.8 Å². The minimum atomic E-state index is -1.04. The molecule has 0 saturated heterocycles. The summed E-state index contributed by atoms with van der Waals surface area (Å²) in [6.45, 7) is 4.43. The summed E-state index contributed by atoms with van der Waals surface area (Å²) in [4.78, 5) is 13.3. The molecule has 0 aromatic heterocycles. The van der Waals surface area contributed by atoms with E-state index in [1.807, 2.05) is 30.3 Å². The van der Waals surface area contributed by atoms with Crippen LogP contribution in [0.15, 0.2) is 109 Å². The molecule has 5 aromatic rings. The largest absolute Gasteiger partial charge is 0.215 e.